The Morgan fingerprint density at radius 1 is 0.778 bits per heavy atom. The number of hydrogen-bond acceptors (Lipinski definition) is 3. The first-order chi connectivity index (χ1) is 8.79. The van der Waals surface area contributed by atoms with Gasteiger partial charge in [-0.05, 0) is 6.42 Å². The zero-order chi connectivity index (χ0) is 13.6. The minimum atomic E-state index is -0.134. The first kappa shape index (κ1) is 17.9. The lowest BCUT2D eigenvalue weighted by molar-refractivity contribution is -0.150. The molecule has 0 heterocycles. The van der Waals surface area contributed by atoms with Gasteiger partial charge in [0.1, 0.15) is 0 Å². The molecule has 3 nitrogen and oxygen atoms in total. The Hall–Kier alpha value is -0.120. The Morgan fingerprint density at radius 3 is 1.83 bits per heavy atom. The summed E-state index contributed by atoms with van der Waals surface area (Å²) in [6.07, 6.45) is 10.3. The first-order valence-electron chi connectivity index (χ1n) is 7.34. The Kier molecular flexibility index (Phi) is 13.2. The molecule has 110 valence electrons. The van der Waals surface area contributed by atoms with Crippen molar-refractivity contribution < 1.29 is 14.2 Å². The lowest BCUT2D eigenvalue weighted by Crippen LogP contribution is -2.28. The van der Waals surface area contributed by atoms with Crippen molar-refractivity contribution in [2.45, 2.75) is 64.6 Å². The van der Waals surface area contributed by atoms with Gasteiger partial charge in [-0.3, -0.25) is 0 Å². The van der Waals surface area contributed by atoms with Crippen LogP contribution in [0.5, 0.6) is 0 Å². The highest BCUT2D eigenvalue weighted by Gasteiger charge is 2.20. The summed E-state index contributed by atoms with van der Waals surface area (Å²) in [5.41, 5.74) is 0. The number of rotatable bonds is 13. The molecule has 0 aromatic carbocycles. The van der Waals surface area contributed by atoms with Gasteiger partial charge >= 0.3 is 0 Å². The molecule has 0 rings (SSSR count). The molecule has 1 atom stereocenters. The van der Waals surface area contributed by atoms with Gasteiger partial charge in [-0.25, -0.2) is 0 Å². The second kappa shape index (κ2) is 13.3. The topological polar surface area (TPSA) is 27.7 Å². The van der Waals surface area contributed by atoms with Crippen molar-refractivity contribution in [1.29, 1.82) is 0 Å². The smallest absolute Gasteiger partial charge is 0.161 e. The molecule has 1 unspecified atom stereocenters. The van der Waals surface area contributed by atoms with Crippen LogP contribution in [0.1, 0.15) is 58.3 Å². The van der Waals surface area contributed by atoms with Gasteiger partial charge in [-0.2, -0.15) is 0 Å². The second-order valence-electron chi connectivity index (χ2n) is 4.97. The summed E-state index contributed by atoms with van der Waals surface area (Å²) in [6, 6.07) is 0. The fraction of sp³-hybridized carbons (Fsp3) is 1.00. The maximum atomic E-state index is 5.32. The maximum Gasteiger partial charge on any atom is 0.161 e. The molecular weight excluding hydrogens is 228 g/mol. The molecule has 0 bridgehead atoms. The normalized spacial score (nSPS) is 13.2. The van der Waals surface area contributed by atoms with Gasteiger partial charge < -0.3 is 14.2 Å². The van der Waals surface area contributed by atoms with Crippen LogP contribution >= 0.6 is 0 Å². The highest BCUT2D eigenvalue weighted by molar-refractivity contribution is 4.63. The van der Waals surface area contributed by atoms with E-state index in [-0.39, 0.29) is 6.29 Å². The van der Waals surface area contributed by atoms with Crippen molar-refractivity contribution in [1.82, 2.24) is 0 Å². The molecular formula is C15H32O3. The van der Waals surface area contributed by atoms with E-state index in [0.29, 0.717) is 12.5 Å². The van der Waals surface area contributed by atoms with Crippen molar-refractivity contribution in [2.75, 3.05) is 27.9 Å². The SMILES string of the molecule is CCCCCCCCCC(COC)C(OC)OC. The second-order valence-corrected chi connectivity index (χ2v) is 4.97. The number of unbranched alkanes of at least 4 members (excludes halogenated alkanes) is 6. The lowest BCUT2D eigenvalue weighted by atomic mass is 10.00. The Bertz CT molecular complexity index is 158. The van der Waals surface area contributed by atoms with Crippen LogP contribution in [0.15, 0.2) is 0 Å². The van der Waals surface area contributed by atoms with Crippen LogP contribution in [0.2, 0.25) is 0 Å². The molecule has 0 aliphatic rings. The van der Waals surface area contributed by atoms with Crippen molar-refractivity contribution in [3.8, 4) is 0 Å². The monoisotopic (exact) mass is 260 g/mol. The lowest BCUT2D eigenvalue weighted by Gasteiger charge is -2.24. The van der Waals surface area contributed by atoms with E-state index < -0.39 is 0 Å². The standard InChI is InChI=1S/C15H32O3/c1-5-6-7-8-9-10-11-12-14(13-16-2)15(17-3)18-4/h14-15H,5-13H2,1-4H3. The maximum absolute atomic E-state index is 5.32. The predicted octanol–water partition coefficient (Wildman–Crippen LogP) is 4.01. The summed E-state index contributed by atoms with van der Waals surface area (Å²) in [6.45, 7) is 2.97. The summed E-state index contributed by atoms with van der Waals surface area (Å²) >= 11 is 0. The van der Waals surface area contributed by atoms with E-state index in [2.05, 4.69) is 6.92 Å². The van der Waals surface area contributed by atoms with Crippen LogP contribution in [0.3, 0.4) is 0 Å². The minimum Gasteiger partial charge on any atom is -0.384 e. The number of ether oxygens (including phenoxy) is 3. The van der Waals surface area contributed by atoms with E-state index in [1.165, 1.54) is 44.9 Å². The molecule has 0 aromatic heterocycles. The fourth-order valence-corrected chi connectivity index (χ4v) is 2.36. The Balaban J connectivity index is 3.63. The van der Waals surface area contributed by atoms with Crippen molar-refractivity contribution in [2.24, 2.45) is 5.92 Å². The third-order valence-corrected chi connectivity index (χ3v) is 3.41. The van der Waals surface area contributed by atoms with Gasteiger partial charge in [0.15, 0.2) is 6.29 Å². The van der Waals surface area contributed by atoms with Crippen LogP contribution in [0.4, 0.5) is 0 Å². The summed E-state index contributed by atoms with van der Waals surface area (Å²) in [5, 5.41) is 0. The molecule has 0 spiro atoms. The van der Waals surface area contributed by atoms with Crippen LogP contribution in [-0.2, 0) is 14.2 Å². The molecule has 0 radical (unpaired) electrons. The van der Waals surface area contributed by atoms with Gasteiger partial charge in [-0.15, -0.1) is 0 Å². The summed E-state index contributed by atoms with van der Waals surface area (Å²) < 4.78 is 15.9. The molecule has 0 amide bonds. The predicted molar refractivity (Wildman–Crippen MR) is 75.8 cm³/mol. The van der Waals surface area contributed by atoms with Crippen molar-refractivity contribution in [3.63, 3.8) is 0 Å². The van der Waals surface area contributed by atoms with E-state index >= 15 is 0 Å². The molecule has 0 fully saturated rings. The molecule has 0 aromatic rings. The van der Waals surface area contributed by atoms with Gasteiger partial charge in [0.25, 0.3) is 0 Å². The summed E-state index contributed by atoms with van der Waals surface area (Å²) in [7, 11) is 5.13. The van der Waals surface area contributed by atoms with E-state index in [4.69, 9.17) is 14.2 Å². The Morgan fingerprint density at radius 2 is 1.33 bits per heavy atom. The largest absolute Gasteiger partial charge is 0.384 e. The van der Waals surface area contributed by atoms with E-state index in [1.54, 1.807) is 21.3 Å². The molecule has 0 aliphatic heterocycles. The average Bonchev–Trinajstić information content (AvgIpc) is 2.39. The number of methoxy groups -OCH3 is 3. The zero-order valence-electron chi connectivity index (χ0n) is 12.7. The summed E-state index contributed by atoms with van der Waals surface area (Å²) in [5.74, 6) is 0.348. The third kappa shape index (κ3) is 8.90. The molecule has 3 heteroatoms. The molecule has 0 saturated carbocycles. The average molecular weight is 260 g/mol. The molecule has 0 aliphatic carbocycles. The first-order valence-corrected chi connectivity index (χ1v) is 7.34. The molecule has 0 N–H and O–H groups in total. The van der Waals surface area contributed by atoms with Crippen molar-refractivity contribution >= 4 is 0 Å². The third-order valence-electron chi connectivity index (χ3n) is 3.41. The van der Waals surface area contributed by atoms with Gasteiger partial charge in [0, 0.05) is 27.2 Å². The minimum absolute atomic E-state index is 0.134. The Labute approximate surface area is 113 Å². The van der Waals surface area contributed by atoms with Crippen LogP contribution < -0.4 is 0 Å². The summed E-state index contributed by atoms with van der Waals surface area (Å²) in [4.78, 5) is 0. The van der Waals surface area contributed by atoms with E-state index in [9.17, 15) is 0 Å². The van der Waals surface area contributed by atoms with Gasteiger partial charge in [-0.1, -0.05) is 51.9 Å². The highest BCUT2D eigenvalue weighted by Crippen LogP contribution is 2.18. The quantitative estimate of drug-likeness (QED) is 0.370. The van der Waals surface area contributed by atoms with Crippen LogP contribution in [0, 0.1) is 5.92 Å². The van der Waals surface area contributed by atoms with Crippen LogP contribution in [0.25, 0.3) is 0 Å². The zero-order valence-corrected chi connectivity index (χ0v) is 12.7. The van der Waals surface area contributed by atoms with Crippen LogP contribution in [-0.4, -0.2) is 34.2 Å². The van der Waals surface area contributed by atoms with E-state index in [0.717, 1.165) is 6.42 Å². The fourth-order valence-electron chi connectivity index (χ4n) is 2.36. The van der Waals surface area contributed by atoms with Crippen molar-refractivity contribution in [3.05, 3.63) is 0 Å². The number of hydrogen-bond donors (Lipinski definition) is 0. The van der Waals surface area contributed by atoms with Gasteiger partial charge in [0.05, 0.1) is 6.61 Å². The van der Waals surface area contributed by atoms with E-state index in [1.807, 2.05) is 0 Å². The molecule has 18 heavy (non-hydrogen) atoms. The molecule has 0 saturated heterocycles. The highest BCUT2D eigenvalue weighted by atomic mass is 16.7. The van der Waals surface area contributed by atoms with Gasteiger partial charge in [0.2, 0.25) is 0 Å².